The highest BCUT2D eigenvalue weighted by Crippen LogP contribution is 2.27. The van der Waals surface area contributed by atoms with Crippen LogP contribution in [-0.2, 0) is 6.54 Å². The molecule has 1 saturated heterocycles. The van der Waals surface area contributed by atoms with Gasteiger partial charge in [-0.1, -0.05) is 0 Å². The van der Waals surface area contributed by atoms with E-state index in [1.165, 1.54) is 11.3 Å². The number of anilines is 1. The number of rotatable bonds is 4. The number of thiophene rings is 1. The normalized spacial score (nSPS) is 14.5. The van der Waals surface area contributed by atoms with E-state index in [1.54, 1.807) is 0 Å². The van der Waals surface area contributed by atoms with Crippen LogP contribution < -0.4 is 15.5 Å². The Morgan fingerprint density at radius 1 is 1.26 bits per heavy atom. The van der Waals surface area contributed by atoms with Crippen LogP contribution in [-0.4, -0.2) is 42.1 Å². The first-order valence-corrected chi connectivity index (χ1v) is 9.98. The topological polar surface area (TPSA) is 70.2 Å². The molecule has 0 atom stereocenters. The number of carbonyl (C=O) groups excluding carboxylic acids is 1. The Balaban J connectivity index is 1.45. The van der Waals surface area contributed by atoms with Gasteiger partial charge < -0.3 is 15.5 Å². The molecular formula is C20H23N5OS. The number of piperazine rings is 1. The summed E-state index contributed by atoms with van der Waals surface area (Å²) >= 11 is 1.44. The number of aromatic nitrogens is 2. The molecular weight excluding hydrogens is 358 g/mol. The first-order chi connectivity index (χ1) is 13.1. The molecule has 140 valence electrons. The second-order valence-corrected chi connectivity index (χ2v) is 7.88. The maximum Gasteiger partial charge on any atom is 0.261 e. The number of aryl methyl sites for hydroxylation is 2. The predicted molar refractivity (Wildman–Crippen MR) is 110 cm³/mol. The van der Waals surface area contributed by atoms with Crippen molar-refractivity contribution >= 4 is 33.3 Å². The molecule has 7 heteroatoms. The lowest BCUT2D eigenvalue weighted by molar-refractivity contribution is 0.0955. The molecule has 1 amide bonds. The Labute approximate surface area is 162 Å². The van der Waals surface area contributed by atoms with Gasteiger partial charge >= 0.3 is 0 Å². The number of pyridine rings is 2. The van der Waals surface area contributed by atoms with E-state index in [4.69, 9.17) is 0 Å². The Morgan fingerprint density at radius 2 is 2.07 bits per heavy atom. The van der Waals surface area contributed by atoms with Gasteiger partial charge in [0, 0.05) is 50.0 Å². The second-order valence-electron chi connectivity index (χ2n) is 6.85. The molecule has 6 nitrogen and oxygen atoms in total. The summed E-state index contributed by atoms with van der Waals surface area (Å²) in [5.74, 6) is 0.913. The lowest BCUT2D eigenvalue weighted by Crippen LogP contribution is -2.43. The average Bonchev–Trinajstić information content (AvgIpc) is 3.11. The number of hydrogen-bond acceptors (Lipinski definition) is 6. The van der Waals surface area contributed by atoms with Crippen LogP contribution in [0.2, 0.25) is 0 Å². The Hall–Kier alpha value is -2.51. The summed E-state index contributed by atoms with van der Waals surface area (Å²) in [6.45, 7) is 8.38. The zero-order valence-electron chi connectivity index (χ0n) is 15.6. The lowest BCUT2D eigenvalue weighted by atomic mass is 10.2. The number of carbonyl (C=O) groups is 1. The highest BCUT2D eigenvalue weighted by atomic mass is 32.1. The fraction of sp³-hybridized carbons (Fsp3) is 0.350. The van der Waals surface area contributed by atoms with Gasteiger partial charge in [-0.3, -0.25) is 4.79 Å². The number of fused-ring (bicyclic) bond motifs is 1. The molecule has 0 radical (unpaired) electrons. The van der Waals surface area contributed by atoms with E-state index in [1.807, 2.05) is 31.3 Å². The van der Waals surface area contributed by atoms with Gasteiger partial charge in [0.15, 0.2) is 0 Å². The lowest BCUT2D eigenvalue weighted by Gasteiger charge is -2.28. The molecule has 4 heterocycles. The maximum absolute atomic E-state index is 12.6. The van der Waals surface area contributed by atoms with Crippen LogP contribution >= 0.6 is 11.3 Å². The van der Waals surface area contributed by atoms with E-state index in [0.29, 0.717) is 11.4 Å². The first-order valence-electron chi connectivity index (χ1n) is 9.17. The van der Waals surface area contributed by atoms with Crippen LogP contribution in [0.25, 0.3) is 10.2 Å². The fourth-order valence-electron chi connectivity index (χ4n) is 3.35. The third kappa shape index (κ3) is 3.94. The monoisotopic (exact) mass is 381 g/mol. The van der Waals surface area contributed by atoms with Gasteiger partial charge in [0.05, 0.1) is 4.88 Å². The average molecular weight is 382 g/mol. The van der Waals surface area contributed by atoms with Crippen LogP contribution in [0.15, 0.2) is 30.5 Å². The van der Waals surface area contributed by atoms with E-state index >= 15 is 0 Å². The van der Waals surface area contributed by atoms with Gasteiger partial charge in [-0.05, 0) is 49.2 Å². The third-order valence-corrected chi connectivity index (χ3v) is 5.80. The van der Waals surface area contributed by atoms with Crippen LogP contribution in [0, 0.1) is 13.8 Å². The SMILES string of the molecule is Cc1cc(C)c2cc(C(=O)NCc3ccnc(N4CCNCC4)c3)sc2n1. The van der Waals surface area contributed by atoms with E-state index in [0.717, 1.165) is 59.0 Å². The number of nitrogens with zero attached hydrogens (tertiary/aromatic N) is 3. The van der Waals surface area contributed by atoms with Crippen molar-refractivity contribution in [1.82, 2.24) is 20.6 Å². The number of amides is 1. The van der Waals surface area contributed by atoms with Crippen molar-refractivity contribution in [3.63, 3.8) is 0 Å². The van der Waals surface area contributed by atoms with E-state index < -0.39 is 0 Å². The summed E-state index contributed by atoms with van der Waals surface area (Å²) in [7, 11) is 0. The highest BCUT2D eigenvalue weighted by molar-refractivity contribution is 7.20. The summed E-state index contributed by atoms with van der Waals surface area (Å²) < 4.78 is 0. The summed E-state index contributed by atoms with van der Waals surface area (Å²) in [6, 6.07) is 8.00. The van der Waals surface area contributed by atoms with E-state index in [9.17, 15) is 4.79 Å². The van der Waals surface area contributed by atoms with Crippen molar-refractivity contribution in [2.24, 2.45) is 0 Å². The second kappa shape index (κ2) is 7.62. The molecule has 1 fully saturated rings. The van der Waals surface area contributed by atoms with Crippen LogP contribution in [0.5, 0.6) is 0 Å². The molecule has 0 aromatic carbocycles. The van der Waals surface area contributed by atoms with Crippen molar-refractivity contribution in [3.05, 3.63) is 52.2 Å². The molecule has 0 aliphatic carbocycles. The van der Waals surface area contributed by atoms with Crippen LogP contribution in [0.4, 0.5) is 5.82 Å². The van der Waals surface area contributed by atoms with Gasteiger partial charge in [-0.25, -0.2) is 9.97 Å². The molecule has 0 unspecified atom stereocenters. The molecule has 3 aromatic rings. The molecule has 1 aliphatic rings. The summed E-state index contributed by atoms with van der Waals surface area (Å²) in [6.07, 6.45) is 1.81. The summed E-state index contributed by atoms with van der Waals surface area (Å²) in [4.78, 5) is 25.5. The zero-order valence-corrected chi connectivity index (χ0v) is 16.4. The van der Waals surface area contributed by atoms with Crippen LogP contribution in [0.3, 0.4) is 0 Å². The van der Waals surface area contributed by atoms with Crippen LogP contribution in [0.1, 0.15) is 26.5 Å². The quantitative estimate of drug-likeness (QED) is 0.727. The third-order valence-electron chi connectivity index (χ3n) is 4.77. The minimum Gasteiger partial charge on any atom is -0.354 e. The van der Waals surface area contributed by atoms with Crippen molar-refractivity contribution in [3.8, 4) is 0 Å². The molecule has 2 N–H and O–H groups in total. The van der Waals surface area contributed by atoms with Gasteiger partial charge in [-0.15, -0.1) is 11.3 Å². The molecule has 27 heavy (non-hydrogen) atoms. The van der Waals surface area contributed by atoms with Crippen molar-refractivity contribution in [1.29, 1.82) is 0 Å². The number of nitrogens with one attached hydrogen (secondary N) is 2. The predicted octanol–water partition coefficient (Wildman–Crippen LogP) is 2.65. The Bertz CT molecular complexity index is 978. The smallest absolute Gasteiger partial charge is 0.261 e. The first kappa shape index (κ1) is 17.9. The van der Waals surface area contributed by atoms with Gasteiger partial charge in [0.25, 0.3) is 5.91 Å². The molecule has 0 spiro atoms. The molecule has 1 aliphatic heterocycles. The standard InChI is InChI=1S/C20H23N5OS/c1-13-9-14(2)24-20-16(13)11-17(27-20)19(26)23-12-15-3-4-22-18(10-15)25-7-5-21-6-8-25/h3-4,9-11,21H,5-8,12H2,1-2H3,(H,23,26). The molecule has 4 rings (SSSR count). The minimum atomic E-state index is -0.0596. The summed E-state index contributed by atoms with van der Waals surface area (Å²) in [5, 5.41) is 7.43. The van der Waals surface area contributed by atoms with Crippen molar-refractivity contribution in [2.75, 3.05) is 31.1 Å². The maximum atomic E-state index is 12.6. The minimum absolute atomic E-state index is 0.0596. The fourth-order valence-corrected chi connectivity index (χ4v) is 4.42. The molecule has 0 saturated carbocycles. The number of hydrogen-bond donors (Lipinski definition) is 2. The largest absolute Gasteiger partial charge is 0.354 e. The van der Waals surface area contributed by atoms with E-state index in [-0.39, 0.29) is 5.91 Å². The van der Waals surface area contributed by atoms with E-state index in [2.05, 4.69) is 38.5 Å². The molecule has 3 aromatic heterocycles. The van der Waals surface area contributed by atoms with Gasteiger partial charge in [0.1, 0.15) is 10.6 Å². The Kier molecular flexibility index (Phi) is 5.05. The van der Waals surface area contributed by atoms with Gasteiger partial charge in [0.2, 0.25) is 0 Å². The Morgan fingerprint density at radius 3 is 2.89 bits per heavy atom. The highest BCUT2D eigenvalue weighted by Gasteiger charge is 2.14. The van der Waals surface area contributed by atoms with Crippen molar-refractivity contribution < 1.29 is 4.79 Å². The molecule has 0 bridgehead atoms. The zero-order chi connectivity index (χ0) is 18.8. The summed E-state index contributed by atoms with van der Waals surface area (Å²) in [5.41, 5.74) is 3.19. The van der Waals surface area contributed by atoms with Crippen molar-refractivity contribution in [2.45, 2.75) is 20.4 Å². The van der Waals surface area contributed by atoms with Gasteiger partial charge in [-0.2, -0.15) is 0 Å².